The zero-order valence-electron chi connectivity index (χ0n) is 13.1. The van der Waals surface area contributed by atoms with E-state index in [4.69, 9.17) is 4.74 Å². The molecule has 1 N–H and O–H groups in total. The molecule has 0 fully saturated rings. The van der Waals surface area contributed by atoms with Gasteiger partial charge in [0.05, 0.1) is 6.10 Å². The lowest BCUT2D eigenvalue weighted by Crippen LogP contribution is -2.05. The van der Waals surface area contributed by atoms with E-state index >= 15 is 0 Å². The number of aromatic nitrogens is 4. The first-order chi connectivity index (χ1) is 11.1. The summed E-state index contributed by atoms with van der Waals surface area (Å²) in [5.41, 5.74) is 1.79. The molecule has 0 atom stereocenters. The quantitative estimate of drug-likeness (QED) is 0.767. The standard InChI is InChI=1S/C16H17N5OS/c1-10(2)22-12-6-8-17-13(9-12)15-20-21-16(23-15)19-14-11(3)5-4-7-18-14/h4-10H,1-3H3,(H,18,19,21). The molecule has 3 heterocycles. The molecule has 0 amide bonds. The summed E-state index contributed by atoms with van der Waals surface area (Å²) in [6.45, 7) is 5.97. The van der Waals surface area contributed by atoms with E-state index in [2.05, 4.69) is 25.5 Å². The number of pyridine rings is 2. The van der Waals surface area contributed by atoms with Crippen molar-refractivity contribution in [1.82, 2.24) is 20.2 Å². The highest BCUT2D eigenvalue weighted by atomic mass is 32.1. The van der Waals surface area contributed by atoms with Gasteiger partial charge in [0.2, 0.25) is 5.13 Å². The summed E-state index contributed by atoms with van der Waals surface area (Å²) in [4.78, 5) is 8.63. The molecule has 0 unspecified atom stereocenters. The lowest BCUT2D eigenvalue weighted by molar-refractivity contribution is 0.242. The Kier molecular flexibility index (Phi) is 4.47. The zero-order valence-corrected chi connectivity index (χ0v) is 14.0. The number of rotatable bonds is 5. The van der Waals surface area contributed by atoms with Crippen molar-refractivity contribution in [3.8, 4) is 16.5 Å². The van der Waals surface area contributed by atoms with E-state index in [1.165, 1.54) is 11.3 Å². The summed E-state index contributed by atoms with van der Waals surface area (Å²) in [5.74, 6) is 1.55. The van der Waals surface area contributed by atoms with Gasteiger partial charge >= 0.3 is 0 Å². The van der Waals surface area contributed by atoms with Gasteiger partial charge in [-0.05, 0) is 38.5 Å². The van der Waals surface area contributed by atoms with Gasteiger partial charge in [-0.1, -0.05) is 17.4 Å². The van der Waals surface area contributed by atoms with Gasteiger partial charge in [-0.25, -0.2) is 4.98 Å². The Morgan fingerprint density at radius 1 is 1.13 bits per heavy atom. The van der Waals surface area contributed by atoms with Crippen LogP contribution in [0, 0.1) is 6.92 Å². The molecule has 23 heavy (non-hydrogen) atoms. The molecule has 0 bridgehead atoms. The fraction of sp³-hybridized carbons (Fsp3) is 0.250. The molecule has 118 valence electrons. The fourth-order valence-corrected chi connectivity index (χ4v) is 2.68. The summed E-state index contributed by atoms with van der Waals surface area (Å²) in [6.07, 6.45) is 3.57. The molecule has 0 spiro atoms. The van der Waals surface area contributed by atoms with Crippen LogP contribution in [0.15, 0.2) is 36.7 Å². The SMILES string of the molecule is Cc1cccnc1Nc1nnc(-c2cc(OC(C)C)ccn2)s1. The molecule has 0 aromatic carbocycles. The maximum atomic E-state index is 5.69. The third kappa shape index (κ3) is 3.81. The van der Waals surface area contributed by atoms with E-state index in [1.54, 1.807) is 12.4 Å². The minimum atomic E-state index is 0.115. The molecule has 3 rings (SSSR count). The fourth-order valence-electron chi connectivity index (χ4n) is 1.97. The van der Waals surface area contributed by atoms with Crippen LogP contribution in [0.3, 0.4) is 0 Å². The van der Waals surface area contributed by atoms with E-state index in [-0.39, 0.29) is 6.10 Å². The van der Waals surface area contributed by atoms with Crippen molar-refractivity contribution in [2.75, 3.05) is 5.32 Å². The molecule has 0 radical (unpaired) electrons. The topological polar surface area (TPSA) is 72.8 Å². The average Bonchev–Trinajstić information content (AvgIpc) is 2.98. The number of anilines is 2. The van der Waals surface area contributed by atoms with Gasteiger partial charge in [0, 0.05) is 18.5 Å². The first-order valence-corrected chi connectivity index (χ1v) is 8.08. The molecule has 6 nitrogen and oxygen atoms in total. The highest BCUT2D eigenvalue weighted by Crippen LogP contribution is 2.29. The smallest absolute Gasteiger partial charge is 0.211 e. The van der Waals surface area contributed by atoms with Crippen molar-refractivity contribution in [3.63, 3.8) is 0 Å². The predicted molar refractivity (Wildman–Crippen MR) is 91.2 cm³/mol. The lowest BCUT2D eigenvalue weighted by Gasteiger charge is -2.09. The van der Waals surface area contributed by atoms with E-state index in [9.17, 15) is 0 Å². The minimum Gasteiger partial charge on any atom is -0.491 e. The van der Waals surface area contributed by atoms with Crippen LogP contribution in [-0.4, -0.2) is 26.3 Å². The number of aryl methyl sites for hydroxylation is 1. The van der Waals surface area contributed by atoms with E-state index in [1.807, 2.05) is 45.0 Å². The van der Waals surface area contributed by atoms with Gasteiger partial charge in [-0.3, -0.25) is 4.98 Å². The van der Waals surface area contributed by atoms with Gasteiger partial charge in [0.1, 0.15) is 17.3 Å². The second-order valence-electron chi connectivity index (χ2n) is 5.25. The summed E-state index contributed by atoms with van der Waals surface area (Å²) in [6, 6.07) is 7.60. The average molecular weight is 327 g/mol. The van der Waals surface area contributed by atoms with Crippen LogP contribution in [0.4, 0.5) is 10.9 Å². The lowest BCUT2D eigenvalue weighted by atomic mass is 10.3. The molecule has 3 aromatic rings. The van der Waals surface area contributed by atoms with Gasteiger partial charge in [-0.2, -0.15) is 0 Å². The van der Waals surface area contributed by atoms with Gasteiger partial charge in [0.15, 0.2) is 5.01 Å². The molecular weight excluding hydrogens is 310 g/mol. The second-order valence-corrected chi connectivity index (χ2v) is 6.23. The van der Waals surface area contributed by atoms with Crippen LogP contribution in [-0.2, 0) is 0 Å². The van der Waals surface area contributed by atoms with Crippen molar-refractivity contribution < 1.29 is 4.74 Å². The van der Waals surface area contributed by atoms with Gasteiger partial charge < -0.3 is 10.1 Å². The molecule has 0 saturated heterocycles. The van der Waals surface area contributed by atoms with E-state index in [0.29, 0.717) is 5.13 Å². The van der Waals surface area contributed by atoms with Crippen molar-refractivity contribution in [2.24, 2.45) is 0 Å². The molecule has 0 aliphatic heterocycles. The van der Waals surface area contributed by atoms with Crippen molar-refractivity contribution in [1.29, 1.82) is 0 Å². The molecule has 0 aliphatic carbocycles. The minimum absolute atomic E-state index is 0.115. The predicted octanol–water partition coefficient (Wildman–Crippen LogP) is 3.83. The van der Waals surface area contributed by atoms with Crippen LogP contribution in [0.2, 0.25) is 0 Å². The van der Waals surface area contributed by atoms with Crippen LogP contribution < -0.4 is 10.1 Å². The van der Waals surface area contributed by atoms with Crippen molar-refractivity contribution in [3.05, 3.63) is 42.2 Å². The number of ether oxygens (including phenoxy) is 1. The number of hydrogen-bond donors (Lipinski definition) is 1. The Balaban J connectivity index is 1.80. The molecule has 0 saturated carbocycles. The summed E-state index contributed by atoms with van der Waals surface area (Å²) in [5, 5.41) is 12.9. The Labute approximate surface area is 138 Å². The number of nitrogens with zero attached hydrogens (tertiary/aromatic N) is 4. The summed E-state index contributed by atoms with van der Waals surface area (Å²) in [7, 11) is 0. The third-order valence-electron chi connectivity index (χ3n) is 2.98. The molecular formula is C16H17N5OS. The van der Waals surface area contributed by atoms with E-state index < -0.39 is 0 Å². The first kappa shape index (κ1) is 15.4. The van der Waals surface area contributed by atoms with Gasteiger partial charge in [0.25, 0.3) is 0 Å². The first-order valence-electron chi connectivity index (χ1n) is 7.27. The van der Waals surface area contributed by atoms with Crippen LogP contribution >= 0.6 is 11.3 Å². The van der Waals surface area contributed by atoms with Crippen molar-refractivity contribution >= 4 is 22.3 Å². The Morgan fingerprint density at radius 2 is 2.00 bits per heavy atom. The normalized spacial score (nSPS) is 10.8. The van der Waals surface area contributed by atoms with E-state index in [0.717, 1.165) is 27.8 Å². The third-order valence-corrected chi connectivity index (χ3v) is 3.84. The maximum absolute atomic E-state index is 5.69. The summed E-state index contributed by atoms with van der Waals surface area (Å²) < 4.78 is 5.69. The van der Waals surface area contributed by atoms with Crippen LogP contribution in [0.25, 0.3) is 10.7 Å². The van der Waals surface area contributed by atoms with Crippen LogP contribution in [0.5, 0.6) is 5.75 Å². The second kappa shape index (κ2) is 6.70. The Morgan fingerprint density at radius 3 is 2.78 bits per heavy atom. The monoisotopic (exact) mass is 327 g/mol. The number of hydrogen-bond acceptors (Lipinski definition) is 7. The zero-order chi connectivity index (χ0) is 16.2. The van der Waals surface area contributed by atoms with Gasteiger partial charge in [-0.15, -0.1) is 10.2 Å². The number of nitrogens with one attached hydrogen (secondary N) is 1. The highest BCUT2D eigenvalue weighted by molar-refractivity contribution is 7.18. The Hall–Kier alpha value is -2.54. The Bertz CT molecular complexity index is 802. The highest BCUT2D eigenvalue weighted by Gasteiger charge is 2.10. The van der Waals surface area contributed by atoms with Crippen LogP contribution in [0.1, 0.15) is 19.4 Å². The molecule has 3 aromatic heterocycles. The molecule has 7 heteroatoms. The summed E-state index contributed by atoms with van der Waals surface area (Å²) >= 11 is 1.43. The maximum Gasteiger partial charge on any atom is 0.211 e. The largest absolute Gasteiger partial charge is 0.491 e. The van der Waals surface area contributed by atoms with Crippen molar-refractivity contribution in [2.45, 2.75) is 26.9 Å². The molecule has 0 aliphatic rings.